The van der Waals surface area contributed by atoms with E-state index in [0.717, 1.165) is 44.9 Å². The van der Waals surface area contributed by atoms with Crippen molar-refractivity contribution in [3.63, 3.8) is 0 Å². The molecule has 0 aliphatic rings. The number of nitrogens with one attached hydrogen (secondary N) is 1. The molecule has 75 heavy (non-hydrogen) atoms. The van der Waals surface area contributed by atoms with Crippen LogP contribution >= 0.6 is 0 Å². The zero-order valence-electron chi connectivity index (χ0n) is 50.5. The van der Waals surface area contributed by atoms with Crippen molar-refractivity contribution >= 4 is 11.9 Å². The number of esters is 1. The van der Waals surface area contributed by atoms with E-state index < -0.39 is 12.1 Å². The fraction of sp³-hybridized carbons (Fsp3) is 0.884. The molecule has 0 aliphatic carbocycles. The van der Waals surface area contributed by atoms with Gasteiger partial charge in [0.2, 0.25) is 5.91 Å². The summed E-state index contributed by atoms with van der Waals surface area (Å²) in [6, 6.07) is -0.629. The maximum Gasteiger partial charge on any atom is 0.305 e. The molecule has 3 N–H and O–H groups in total. The Morgan fingerprint density at radius 1 is 0.360 bits per heavy atom. The van der Waals surface area contributed by atoms with E-state index in [9.17, 15) is 19.8 Å². The minimum atomic E-state index is -0.845. The number of carbonyl (C=O) groups is 2. The molecule has 0 spiro atoms. The quantitative estimate of drug-likeness (QED) is 0.0320. The molecule has 0 saturated heterocycles. The van der Waals surface area contributed by atoms with Crippen molar-refractivity contribution < 1.29 is 24.5 Å². The molecule has 6 heteroatoms. The first-order valence-corrected chi connectivity index (χ1v) is 33.8. The lowest BCUT2D eigenvalue weighted by atomic mass is 10.0. The lowest BCUT2D eigenvalue weighted by Gasteiger charge is -2.20. The monoisotopic (exact) mass is 1050 g/mol. The number of aliphatic hydroxyl groups is 2. The average Bonchev–Trinajstić information content (AvgIpc) is 3.41. The summed E-state index contributed by atoms with van der Waals surface area (Å²) in [5, 5.41) is 23.1. The molecule has 0 fully saturated rings. The number of amides is 1. The maximum atomic E-state index is 12.5. The van der Waals surface area contributed by atoms with Crippen molar-refractivity contribution in [2.75, 3.05) is 13.2 Å². The first kappa shape index (κ1) is 73.1. The molecule has 442 valence electrons. The molecule has 0 saturated carbocycles. The van der Waals surface area contributed by atoms with Crippen LogP contribution in [0.2, 0.25) is 0 Å². The molecule has 2 unspecified atom stereocenters. The number of aliphatic hydroxyl groups excluding tert-OH is 2. The Morgan fingerprint density at radius 2 is 0.627 bits per heavy atom. The molecule has 0 bridgehead atoms. The molecule has 2 atom stereocenters. The van der Waals surface area contributed by atoms with Crippen LogP contribution in [0.3, 0.4) is 0 Å². The fourth-order valence-electron chi connectivity index (χ4n) is 10.4. The zero-order valence-corrected chi connectivity index (χ0v) is 50.5. The highest BCUT2D eigenvalue weighted by atomic mass is 16.5. The van der Waals surface area contributed by atoms with Gasteiger partial charge in [-0.3, -0.25) is 9.59 Å². The predicted octanol–water partition coefficient (Wildman–Crippen LogP) is 21.5. The van der Waals surface area contributed by atoms with Crippen LogP contribution in [0.1, 0.15) is 367 Å². The number of rotatable bonds is 63. The van der Waals surface area contributed by atoms with Crippen molar-refractivity contribution in [3.8, 4) is 0 Å². The highest BCUT2D eigenvalue weighted by molar-refractivity contribution is 5.76. The van der Waals surface area contributed by atoms with Gasteiger partial charge in [-0.05, 0) is 83.5 Å². The van der Waals surface area contributed by atoms with Gasteiger partial charge >= 0.3 is 5.97 Å². The van der Waals surface area contributed by atoms with Gasteiger partial charge in [-0.15, -0.1) is 0 Å². The van der Waals surface area contributed by atoms with Gasteiger partial charge in [0.25, 0.3) is 0 Å². The Balaban J connectivity index is 3.38. The van der Waals surface area contributed by atoms with E-state index in [1.165, 1.54) is 295 Å². The van der Waals surface area contributed by atoms with Gasteiger partial charge < -0.3 is 20.3 Å². The second-order valence-corrected chi connectivity index (χ2v) is 23.1. The van der Waals surface area contributed by atoms with Crippen LogP contribution in [0, 0.1) is 0 Å². The second kappa shape index (κ2) is 64.6. The van der Waals surface area contributed by atoms with Crippen LogP contribution in [0.5, 0.6) is 0 Å². The van der Waals surface area contributed by atoms with Crippen LogP contribution < -0.4 is 5.32 Å². The molecule has 0 aromatic heterocycles. The predicted molar refractivity (Wildman–Crippen MR) is 329 cm³/mol. The van der Waals surface area contributed by atoms with Crippen molar-refractivity contribution in [3.05, 3.63) is 36.5 Å². The summed E-state index contributed by atoms with van der Waals surface area (Å²) in [7, 11) is 0. The van der Waals surface area contributed by atoms with Crippen molar-refractivity contribution in [2.24, 2.45) is 0 Å². The zero-order chi connectivity index (χ0) is 54.3. The number of unbranched alkanes of at least 4 members (excludes halogenated alkanes) is 48. The third-order valence-electron chi connectivity index (χ3n) is 15.6. The van der Waals surface area contributed by atoms with Gasteiger partial charge in [-0.25, -0.2) is 0 Å². The topological polar surface area (TPSA) is 95.9 Å². The summed E-state index contributed by atoms with van der Waals surface area (Å²) >= 11 is 0. The number of carbonyl (C=O) groups excluding carboxylic acids is 2. The average molecular weight is 1050 g/mol. The number of allylic oxidation sites excluding steroid dienone is 5. The van der Waals surface area contributed by atoms with Crippen molar-refractivity contribution in [2.45, 2.75) is 379 Å². The van der Waals surface area contributed by atoms with Gasteiger partial charge in [0, 0.05) is 12.8 Å². The standard InChI is InChI=1S/C69H131NO5/c1-3-5-7-9-11-13-15-17-18-19-28-32-35-39-43-47-51-55-59-63-69(74)75-64-60-56-52-48-44-40-36-33-30-27-25-23-21-20-22-24-26-29-31-34-38-42-46-50-54-58-62-68(73)70-66(65-71)67(72)61-57-53-49-45-41-37-16-14-12-10-8-6-4-2/h17-18,20,22,57,61,66-67,71-72H,3-16,19,21,23-56,58-60,62-65H2,1-2H3,(H,70,73)/b18-17-,22-20-,61-57+. The fourth-order valence-corrected chi connectivity index (χ4v) is 10.4. The van der Waals surface area contributed by atoms with Gasteiger partial charge in [0.15, 0.2) is 0 Å². The van der Waals surface area contributed by atoms with Gasteiger partial charge in [0.05, 0.1) is 25.4 Å². The summed E-state index contributed by atoms with van der Waals surface area (Å²) in [4.78, 5) is 24.6. The molecule has 6 nitrogen and oxygen atoms in total. The molecular formula is C69H131NO5. The largest absolute Gasteiger partial charge is 0.466 e. The smallest absolute Gasteiger partial charge is 0.305 e. The van der Waals surface area contributed by atoms with E-state index in [-0.39, 0.29) is 18.5 Å². The SMILES string of the molecule is CCCCCCCC/C=C\CCCCCCCCCCCC(=O)OCCCCCCCCCCCCCC/C=C\CCCCCCCCCCCCC(=O)NC(CO)C(O)/C=C/CCCCCCCCCCCCC. The molecule has 0 radical (unpaired) electrons. The minimum absolute atomic E-state index is 0.0137. The highest BCUT2D eigenvalue weighted by Crippen LogP contribution is 2.17. The number of hydrogen-bond donors (Lipinski definition) is 3. The van der Waals surface area contributed by atoms with Crippen LogP contribution in [0.15, 0.2) is 36.5 Å². The summed E-state index contributed by atoms with van der Waals surface area (Å²) in [6.07, 6.45) is 82.1. The third kappa shape index (κ3) is 61.2. The van der Waals surface area contributed by atoms with Gasteiger partial charge in [-0.2, -0.15) is 0 Å². The van der Waals surface area contributed by atoms with E-state index >= 15 is 0 Å². The summed E-state index contributed by atoms with van der Waals surface area (Å²) in [5.41, 5.74) is 0. The summed E-state index contributed by atoms with van der Waals surface area (Å²) in [5.74, 6) is -0.0554. The second-order valence-electron chi connectivity index (χ2n) is 23.1. The van der Waals surface area contributed by atoms with Crippen LogP contribution in [0.25, 0.3) is 0 Å². The molecule has 0 aliphatic heterocycles. The Hall–Kier alpha value is -1.92. The summed E-state index contributed by atoms with van der Waals surface area (Å²) < 4.78 is 5.51. The Morgan fingerprint density at radius 3 is 0.947 bits per heavy atom. The van der Waals surface area contributed by atoms with Gasteiger partial charge in [-0.1, -0.05) is 307 Å². The molecule has 1 amide bonds. The number of hydrogen-bond acceptors (Lipinski definition) is 5. The van der Waals surface area contributed by atoms with Crippen LogP contribution in [0.4, 0.5) is 0 Å². The van der Waals surface area contributed by atoms with E-state index in [1.54, 1.807) is 6.08 Å². The van der Waals surface area contributed by atoms with Gasteiger partial charge in [0.1, 0.15) is 0 Å². The van der Waals surface area contributed by atoms with E-state index in [1.807, 2.05) is 6.08 Å². The minimum Gasteiger partial charge on any atom is -0.466 e. The lowest BCUT2D eigenvalue weighted by molar-refractivity contribution is -0.143. The van der Waals surface area contributed by atoms with Crippen LogP contribution in [-0.4, -0.2) is 47.4 Å². The van der Waals surface area contributed by atoms with Crippen molar-refractivity contribution in [1.82, 2.24) is 5.32 Å². The maximum absolute atomic E-state index is 12.5. The Labute approximate surface area is 468 Å². The number of ether oxygens (including phenoxy) is 1. The van der Waals surface area contributed by atoms with Crippen molar-refractivity contribution in [1.29, 1.82) is 0 Å². The lowest BCUT2D eigenvalue weighted by Crippen LogP contribution is -2.45. The Kier molecular flexibility index (Phi) is 63.0. The molecule has 0 heterocycles. The Bertz CT molecular complexity index is 1210. The first-order chi connectivity index (χ1) is 37.0. The normalized spacial score (nSPS) is 12.7. The molecular weight excluding hydrogens is 923 g/mol. The van der Waals surface area contributed by atoms with Crippen LogP contribution in [-0.2, 0) is 14.3 Å². The first-order valence-electron chi connectivity index (χ1n) is 33.8. The van der Waals surface area contributed by atoms with E-state index in [4.69, 9.17) is 4.74 Å². The molecule has 0 rings (SSSR count). The van der Waals surface area contributed by atoms with E-state index in [0.29, 0.717) is 19.4 Å². The molecule has 0 aromatic carbocycles. The summed E-state index contributed by atoms with van der Waals surface area (Å²) in [6.45, 7) is 4.91. The van der Waals surface area contributed by atoms with E-state index in [2.05, 4.69) is 43.5 Å². The third-order valence-corrected chi connectivity index (χ3v) is 15.6. The molecule has 0 aromatic rings. The highest BCUT2D eigenvalue weighted by Gasteiger charge is 2.18.